The summed E-state index contributed by atoms with van der Waals surface area (Å²) in [7, 11) is 1.90. The number of rotatable bonds is 4. The number of aromatic nitrogens is 3. The summed E-state index contributed by atoms with van der Waals surface area (Å²) in [4.78, 5) is 7.97. The van der Waals surface area contributed by atoms with Gasteiger partial charge in [0.05, 0.1) is 29.5 Å². The number of nitrogens with one attached hydrogen (secondary N) is 1. The topological polar surface area (TPSA) is 52.0 Å². The van der Waals surface area contributed by atoms with Gasteiger partial charge in [-0.3, -0.25) is 4.98 Å². The lowest BCUT2D eigenvalue weighted by Crippen LogP contribution is -2.36. The summed E-state index contributed by atoms with van der Waals surface area (Å²) in [6.07, 6.45) is 1.80. The zero-order valence-corrected chi connectivity index (χ0v) is 13.3. The van der Waals surface area contributed by atoms with Crippen molar-refractivity contribution in [2.45, 2.75) is 37.7 Å². The molecule has 0 saturated carbocycles. The van der Waals surface area contributed by atoms with Gasteiger partial charge in [0, 0.05) is 32.4 Å². The highest BCUT2D eigenvalue weighted by molar-refractivity contribution is 5.23. The van der Waals surface area contributed by atoms with E-state index in [0.29, 0.717) is 13.0 Å². The first kappa shape index (κ1) is 16.9. The normalized spacial score (nSPS) is 21.8. The Morgan fingerprint density at radius 3 is 2.96 bits per heavy atom. The molecule has 0 aliphatic carbocycles. The highest BCUT2D eigenvalue weighted by Gasteiger charge is 2.34. The van der Waals surface area contributed by atoms with E-state index in [0.717, 1.165) is 18.2 Å². The average Bonchev–Trinajstić information content (AvgIpc) is 2.99. The average molecular weight is 340 g/mol. The monoisotopic (exact) mass is 340 g/mol. The Bertz CT molecular complexity index is 686. The van der Waals surface area contributed by atoms with Crippen molar-refractivity contribution in [1.29, 1.82) is 0 Å². The van der Waals surface area contributed by atoms with Crippen LogP contribution in [0.15, 0.2) is 30.9 Å². The Kier molecular flexibility index (Phi) is 4.86. The summed E-state index contributed by atoms with van der Waals surface area (Å²) >= 11 is 0. The molecule has 0 bridgehead atoms. The third kappa shape index (κ3) is 3.76. The van der Waals surface area contributed by atoms with E-state index in [1.807, 2.05) is 11.6 Å². The number of hydrogen-bond acceptors (Lipinski definition) is 4. The van der Waals surface area contributed by atoms with Crippen molar-refractivity contribution < 1.29 is 17.9 Å². The first-order valence-corrected chi connectivity index (χ1v) is 7.77. The Morgan fingerprint density at radius 2 is 2.25 bits per heavy atom. The van der Waals surface area contributed by atoms with Crippen molar-refractivity contribution >= 4 is 0 Å². The fourth-order valence-corrected chi connectivity index (χ4v) is 2.94. The van der Waals surface area contributed by atoms with Gasteiger partial charge in [-0.15, -0.1) is 0 Å². The van der Waals surface area contributed by atoms with Crippen LogP contribution >= 0.6 is 0 Å². The first-order valence-electron chi connectivity index (χ1n) is 7.77. The molecule has 3 heterocycles. The van der Waals surface area contributed by atoms with E-state index in [-0.39, 0.29) is 24.4 Å². The Hall–Kier alpha value is -1.93. The third-order valence-corrected chi connectivity index (χ3v) is 4.22. The maximum Gasteiger partial charge on any atom is 0.418 e. The largest absolute Gasteiger partial charge is 0.418 e. The van der Waals surface area contributed by atoms with Gasteiger partial charge >= 0.3 is 6.18 Å². The highest BCUT2D eigenvalue weighted by Crippen LogP contribution is 2.31. The molecule has 8 heteroatoms. The van der Waals surface area contributed by atoms with Crippen LogP contribution in [0.25, 0.3) is 0 Å². The molecule has 0 amide bonds. The highest BCUT2D eigenvalue weighted by atomic mass is 19.4. The molecule has 0 unspecified atom stereocenters. The van der Waals surface area contributed by atoms with Gasteiger partial charge < -0.3 is 14.6 Å². The summed E-state index contributed by atoms with van der Waals surface area (Å²) in [5.41, 5.74) is 0.302. The molecule has 0 spiro atoms. The molecule has 24 heavy (non-hydrogen) atoms. The number of hydrogen-bond donors (Lipinski definition) is 1. The molecule has 5 nitrogen and oxygen atoms in total. The summed E-state index contributed by atoms with van der Waals surface area (Å²) in [5.74, 6) is 0. The summed E-state index contributed by atoms with van der Waals surface area (Å²) < 4.78 is 46.7. The van der Waals surface area contributed by atoms with E-state index < -0.39 is 11.7 Å². The minimum absolute atomic E-state index is 0.0218. The molecule has 3 rings (SSSR count). The van der Waals surface area contributed by atoms with Gasteiger partial charge in [0.15, 0.2) is 0 Å². The Balaban J connectivity index is 1.64. The van der Waals surface area contributed by atoms with E-state index >= 15 is 0 Å². The van der Waals surface area contributed by atoms with Gasteiger partial charge in [0.25, 0.3) is 0 Å². The standard InChI is InChI=1S/C16H19F3N4O/c1-23-10-20-9-14(23)15-7-11(4-6-24-15)22-8-13-12(16(17,18)19)3-2-5-21-13/h2-3,5,9-11,15,22H,4,6-8H2,1H3/t11-,15-/m0/s1. The maximum atomic E-state index is 13.0. The molecule has 1 aliphatic heterocycles. The van der Waals surface area contributed by atoms with Crippen molar-refractivity contribution in [2.24, 2.45) is 7.05 Å². The third-order valence-electron chi connectivity index (χ3n) is 4.22. The zero-order valence-electron chi connectivity index (χ0n) is 13.3. The molecule has 0 aromatic carbocycles. The zero-order chi connectivity index (χ0) is 17.2. The van der Waals surface area contributed by atoms with E-state index in [2.05, 4.69) is 15.3 Å². The number of pyridine rings is 1. The molecule has 2 aromatic rings. The van der Waals surface area contributed by atoms with Crippen LogP contribution in [0.4, 0.5) is 13.2 Å². The van der Waals surface area contributed by atoms with Crippen LogP contribution in [0.1, 0.15) is 35.9 Å². The first-order chi connectivity index (χ1) is 11.4. The number of halogens is 3. The van der Waals surface area contributed by atoms with Crippen LogP contribution in [0.5, 0.6) is 0 Å². The van der Waals surface area contributed by atoms with Crippen LogP contribution in [0.3, 0.4) is 0 Å². The molecule has 1 saturated heterocycles. The van der Waals surface area contributed by atoms with Crippen LogP contribution in [-0.4, -0.2) is 27.2 Å². The Morgan fingerprint density at radius 1 is 1.42 bits per heavy atom. The van der Waals surface area contributed by atoms with E-state index in [1.165, 1.54) is 12.3 Å². The van der Waals surface area contributed by atoms with Crippen molar-refractivity contribution in [2.75, 3.05) is 6.61 Å². The van der Waals surface area contributed by atoms with E-state index in [1.54, 1.807) is 12.5 Å². The van der Waals surface area contributed by atoms with Crippen LogP contribution < -0.4 is 5.32 Å². The summed E-state index contributed by atoms with van der Waals surface area (Å²) in [5, 5.41) is 3.19. The van der Waals surface area contributed by atoms with E-state index in [4.69, 9.17) is 4.74 Å². The van der Waals surface area contributed by atoms with Crippen LogP contribution in [0.2, 0.25) is 0 Å². The predicted molar refractivity (Wildman–Crippen MR) is 81.0 cm³/mol. The maximum absolute atomic E-state index is 13.0. The second-order valence-electron chi connectivity index (χ2n) is 5.89. The van der Waals surface area contributed by atoms with Gasteiger partial charge in [-0.2, -0.15) is 13.2 Å². The van der Waals surface area contributed by atoms with E-state index in [9.17, 15) is 13.2 Å². The van der Waals surface area contributed by atoms with Gasteiger partial charge in [-0.25, -0.2) is 4.98 Å². The summed E-state index contributed by atoms with van der Waals surface area (Å²) in [6, 6.07) is 2.44. The van der Waals surface area contributed by atoms with Crippen molar-refractivity contribution in [3.63, 3.8) is 0 Å². The quantitative estimate of drug-likeness (QED) is 0.930. The second-order valence-corrected chi connectivity index (χ2v) is 5.89. The molecule has 2 aromatic heterocycles. The minimum atomic E-state index is -4.39. The fraction of sp³-hybridized carbons (Fsp3) is 0.500. The number of aryl methyl sites for hydroxylation is 1. The van der Waals surface area contributed by atoms with Crippen molar-refractivity contribution in [1.82, 2.24) is 19.9 Å². The number of alkyl halides is 3. The fourth-order valence-electron chi connectivity index (χ4n) is 2.94. The lowest BCUT2D eigenvalue weighted by Gasteiger charge is -2.30. The molecule has 1 N–H and O–H groups in total. The predicted octanol–water partition coefficient (Wildman–Crippen LogP) is 2.84. The number of imidazole rings is 1. The Labute approximate surface area is 137 Å². The molecule has 130 valence electrons. The molecule has 1 fully saturated rings. The van der Waals surface area contributed by atoms with Crippen LogP contribution in [0, 0.1) is 0 Å². The molecule has 1 aliphatic rings. The molecular weight excluding hydrogens is 321 g/mol. The second kappa shape index (κ2) is 6.90. The van der Waals surface area contributed by atoms with Gasteiger partial charge in [-0.05, 0) is 25.0 Å². The minimum Gasteiger partial charge on any atom is -0.372 e. The molecule has 2 atom stereocenters. The van der Waals surface area contributed by atoms with Gasteiger partial charge in [-0.1, -0.05) is 0 Å². The lowest BCUT2D eigenvalue weighted by molar-refractivity contribution is -0.138. The molecular formula is C16H19F3N4O. The van der Waals surface area contributed by atoms with Crippen LogP contribution in [-0.2, 0) is 24.5 Å². The smallest absolute Gasteiger partial charge is 0.372 e. The van der Waals surface area contributed by atoms with Crippen molar-refractivity contribution in [3.05, 3.63) is 47.8 Å². The van der Waals surface area contributed by atoms with Crippen molar-refractivity contribution in [3.8, 4) is 0 Å². The summed E-state index contributed by atoms with van der Waals surface area (Å²) in [6.45, 7) is 0.639. The SMILES string of the molecule is Cn1cncc1[C@@H]1C[C@@H](NCc2ncccc2C(F)(F)F)CCO1. The lowest BCUT2D eigenvalue weighted by atomic mass is 10.0. The van der Waals surface area contributed by atoms with Gasteiger partial charge in [0.2, 0.25) is 0 Å². The number of ether oxygens (including phenoxy) is 1. The van der Waals surface area contributed by atoms with Gasteiger partial charge in [0.1, 0.15) is 6.10 Å². The number of nitrogens with zero attached hydrogens (tertiary/aromatic N) is 3. The molecule has 0 radical (unpaired) electrons.